The highest BCUT2D eigenvalue weighted by Gasteiger charge is 2.52. The Hall–Kier alpha value is -3.67. The van der Waals surface area contributed by atoms with E-state index in [0.29, 0.717) is 0 Å². The summed E-state index contributed by atoms with van der Waals surface area (Å²) >= 11 is 0. The van der Waals surface area contributed by atoms with Crippen molar-refractivity contribution in [3.63, 3.8) is 0 Å². The molecule has 5 aromatic rings. The first-order chi connectivity index (χ1) is 21.7. The predicted octanol–water partition coefficient (Wildman–Crippen LogP) is 8.44. The monoisotopic (exact) mass is 608 g/mol. The smallest absolute Gasteiger partial charge is 0.399 e. The molecule has 2 aliphatic heterocycles. The van der Waals surface area contributed by atoms with Crippen molar-refractivity contribution >= 4 is 35.9 Å². The summed E-state index contributed by atoms with van der Waals surface area (Å²) in [7, 11) is -0.707. The van der Waals surface area contributed by atoms with E-state index in [1.165, 1.54) is 44.2 Å². The molecule has 2 fully saturated rings. The van der Waals surface area contributed by atoms with Crippen LogP contribution in [0.25, 0.3) is 44.2 Å². The minimum atomic E-state index is -0.356. The molecule has 0 aromatic heterocycles. The molecule has 2 heterocycles. The van der Waals surface area contributed by atoms with Crippen molar-refractivity contribution in [2.24, 2.45) is 0 Å². The minimum Gasteiger partial charge on any atom is -0.399 e. The van der Waals surface area contributed by atoms with Crippen molar-refractivity contribution in [1.82, 2.24) is 0 Å². The molecule has 0 radical (unpaired) electrons. The lowest BCUT2D eigenvalue weighted by Gasteiger charge is -2.32. The highest BCUT2D eigenvalue weighted by molar-refractivity contribution is 6.62. The van der Waals surface area contributed by atoms with E-state index in [2.05, 4.69) is 165 Å². The molecule has 2 saturated heterocycles. The van der Waals surface area contributed by atoms with Gasteiger partial charge < -0.3 is 18.6 Å². The summed E-state index contributed by atoms with van der Waals surface area (Å²) in [5.74, 6) is 0. The van der Waals surface area contributed by atoms with Gasteiger partial charge in [0.2, 0.25) is 0 Å². The van der Waals surface area contributed by atoms with Gasteiger partial charge in [0, 0.05) is 0 Å². The largest absolute Gasteiger partial charge is 0.494 e. The second kappa shape index (κ2) is 11.0. The standard InChI is InChI=1S/C40H42B2O4/c1-37(2)38(3,4)44-41(43-37)35-21-17-28(18-22-35)27-9-11-29(12-10-27)32-15-13-31-14-16-33(26-34(31)25-32)30-19-23-36(24-20-30)42-45-39(5,6)40(7,8)46-42/h9-26H,1-8H3. The van der Waals surface area contributed by atoms with Crippen LogP contribution < -0.4 is 10.9 Å². The maximum absolute atomic E-state index is 6.25. The fourth-order valence-corrected chi connectivity index (χ4v) is 6.08. The molecule has 0 spiro atoms. The molecule has 4 nitrogen and oxygen atoms in total. The van der Waals surface area contributed by atoms with Crippen LogP contribution >= 0.6 is 0 Å². The molecular formula is C40H42B2O4. The average molecular weight is 608 g/mol. The van der Waals surface area contributed by atoms with E-state index in [9.17, 15) is 0 Å². The van der Waals surface area contributed by atoms with Crippen LogP contribution in [0.15, 0.2) is 109 Å². The van der Waals surface area contributed by atoms with E-state index >= 15 is 0 Å². The molecule has 7 rings (SSSR count). The SMILES string of the molecule is CC1(C)OB(c2ccc(-c3ccc(-c4ccc5ccc(-c6ccc(B7OC(C)(C)C(C)(C)O7)cc6)cc5c4)cc3)cc2)OC1(C)C. The highest BCUT2D eigenvalue weighted by Crippen LogP contribution is 2.38. The Morgan fingerprint density at radius 2 is 0.587 bits per heavy atom. The summed E-state index contributed by atoms with van der Waals surface area (Å²) in [6, 6.07) is 39.2. The third-order valence-corrected chi connectivity index (χ3v) is 10.6. The van der Waals surface area contributed by atoms with Gasteiger partial charge in [0.1, 0.15) is 0 Å². The number of hydrogen-bond acceptors (Lipinski definition) is 4. The van der Waals surface area contributed by atoms with Crippen LogP contribution in [0.1, 0.15) is 55.4 Å². The molecule has 0 amide bonds. The van der Waals surface area contributed by atoms with Gasteiger partial charge in [-0.2, -0.15) is 0 Å². The lowest BCUT2D eigenvalue weighted by Crippen LogP contribution is -2.41. The van der Waals surface area contributed by atoms with Gasteiger partial charge in [-0.05, 0) is 123 Å². The van der Waals surface area contributed by atoms with Gasteiger partial charge in [-0.1, -0.05) is 97.1 Å². The van der Waals surface area contributed by atoms with Gasteiger partial charge in [0.15, 0.2) is 0 Å². The van der Waals surface area contributed by atoms with Gasteiger partial charge in [-0.25, -0.2) is 0 Å². The number of fused-ring (bicyclic) bond motifs is 1. The fraction of sp³-hybridized carbons (Fsp3) is 0.300. The molecule has 6 heteroatoms. The van der Waals surface area contributed by atoms with Crippen LogP contribution in [0.3, 0.4) is 0 Å². The van der Waals surface area contributed by atoms with Gasteiger partial charge in [0.25, 0.3) is 0 Å². The quantitative estimate of drug-likeness (QED) is 0.188. The van der Waals surface area contributed by atoms with Crippen molar-refractivity contribution in [2.75, 3.05) is 0 Å². The van der Waals surface area contributed by atoms with Crippen molar-refractivity contribution in [3.05, 3.63) is 109 Å². The summed E-state index contributed by atoms with van der Waals surface area (Å²) in [5.41, 5.74) is 7.76. The van der Waals surface area contributed by atoms with Gasteiger partial charge in [-0.15, -0.1) is 0 Å². The summed E-state index contributed by atoms with van der Waals surface area (Å²) in [5, 5.41) is 2.44. The first-order valence-electron chi connectivity index (χ1n) is 16.3. The van der Waals surface area contributed by atoms with E-state index in [0.717, 1.165) is 10.9 Å². The fourth-order valence-electron chi connectivity index (χ4n) is 6.08. The van der Waals surface area contributed by atoms with Crippen LogP contribution in [0.4, 0.5) is 0 Å². The van der Waals surface area contributed by atoms with Gasteiger partial charge in [-0.3, -0.25) is 0 Å². The third kappa shape index (κ3) is 5.52. The van der Waals surface area contributed by atoms with E-state index in [-0.39, 0.29) is 36.6 Å². The number of benzene rings is 5. The van der Waals surface area contributed by atoms with Crippen LogP contribution in [-0.4, -0.2) is 36.6 Å². The number of hydrogen-bond donors (Lipinski definition) is 0. The van der Waals surface area contributed by atoms with Crippen LogP contribution in [0.5, 0.6) is 0 Å². The normalized spacial score (nSPS) is 19.6. The zero-order chi connectivity index (χ0) is 32.5. The Kier molecular flexibility index (Phi) is 7.37. The van der Waals surface area contributed by atoms with Crippen LogP contribution in [0, 0.1) is 0 Å². The lowest BCUT2D eigenvalue weighted by atomic mass is 9.78. The molecule has 0 aliphatic carbocycles. The Balaban J connectivity index is 1.07. The van der Waals surface area contributed by atoms with Crippen molar-refractivity contribution < 1.29 is 18.6 Å². The zero-order valence-electron chi connectivity index (χ0n) is 28.2. The molecule has 46 heavy (non-hydrogen) atoms. The van der Waals surface area contributed by atoms with Crippen LogP contribution in [-0.2, 0) is 18.6 Å². The molecule has 0 N–H and O–H groups in total. The minimum absolute atomic E-state index is 0.349. The van der Waals surface area contributed by atoms with E-state index in [1.807, 2.05) is 0 Å². The van der Waals surface area contributed by atoms with Crippen molar-refractivity contribution in [2.45, 2.75) is 77.8 Å². The second-order valence-corrected chi connectivity index (χ2v) is 14.8. The lowest BCUT2D eigenvalue weighted by molar-refractivity contribution is 0.00578. The van der Waals surface area contributed by atoms with Gasteiger partial charge in [0.05, 0.1) is 22.4 Å². The zero-order valence-corrected chi connectivity index (χ0v) is 28.2. The first-order valence-corrected chi connectivity index (χ1v) is 16.3. The predicted molar refractivity (Wildman–Crippen MR) is 192 cm³/mol. The summed E-state index contributed by atoms with van der Waals surface area (Å²) in [4.78, 5) is 0. The van der Waals surface area contributed by atoms with E-state index in [1.54, 1.807) is 0 Å². The topological polar surface area (TPSA) is 36.9 Å². The summed E-state index contributed by atoms with van der Waals surface area (Å²) < 4.78 is 24.9. The first kappa shape index (κ1) is 31.0. The molecule has 232 valence electrons. The molecule has 0 saturated carbocycles. The number of rotatable bonds is 5. The highest BCUT2D eigenvalue weighted by atomic mass is 16.7. The summed E-state index contributed by atoms with van der Waals surface area (Å²) in [6.45, 7) is 16.7. The molecule has 0 bridgehead atoms. The molecule has 0 unspecified atom stereocenters. The van der Waals surface area contributed by atoms with E-state index < -0.39 is 0 Å². The Labute approximate surface area is 274 Å². The molecule has 5 aromatic carbocycles. The Morgan fingerprint density at radius 1 is 0.326 bits per heavy atom. The van der Waals surface area contributed by atoms with Crippen molar-refractivity contribution in [1.29, 1.82) is 0 Å². The molecule has 0 atom stereocenters. The van der Waals surface area contributed by atoms with Gasteiger partial charge >= 0.3 is 14.2 Å². The Morgan fingerprint density at radius 3 is 0.913 bits per heavy atom. The molecular weight excluding hydrogens is 566 g/mol. The maximum Gasteiger partial charge on any atom is 0.494 e. The van der Waals surface area contributed by atoms with Crippen LogP contribution in [0.2, 0.25) is 0 Å². The molecule has 2 aliphatic rings. The second-order valence-electron chi connectivity index (χ2n) is 14.8. The maximum atomic E-state index is 6.25. The third-order valence-electron chi connectivity index (χ3n) is 10.6. The Bertz CT molecular complexity index is 1860. The average Bonchev–Trinajstić information content (AvgIpc) is 3.40. The summed E-state index contributed by atoms with van der Waals surface area (Å²) in [6.07, 6.45) is 0. The van der Waals surface area contributed by atoms with Crippen molar-refractivity contribution in [3.8, 4) is 33.4 Å². The van der Waals surface area contributed by atoms with E-state index in [4.69, 9.17) is 18.6 Å².